The van der Waals surface area contributed by atoms with Gasteiger partial charge in [0.1, 0.15) is 5.75 Å². The third kappa shape index (κ3) is 4.95. The number of hydrogen-bond donors (Lipinski definition) is 0. The van der Waals surface area contributed by atoms with Gasteiger partial charge in [0.2, 0.25) is 5.91 Å². The molecule has 0 saturated heterocycles. The summed E-state index contributed by atoms with van der Waals surface area (Å²) in [6.45, 7) is 2.54. The average Bonchev–Trinajstić information content (AvgIpc) is 2.84. The summed E-state index contributed by atoms with van der Waals surface area (Å²) >= 11 is 7.56. The number of aromatic nitrogens is 2. The van der Waals surface area contributed by atoms with Crippen LogP contribution in [0.4, 0.5) is 0 Å². The minimum atomic E-state index is -0.227. The van der Waals surface area contributed by atoms with Crippen LogP contribution in [0.25, 0.3) is 16.6 Å². The maximum Gasteiger partial charge on any atom is 0.266 e. The second-order valence-electron chi connectivity index (χ2n) is 7.84. The number of fused-ring (bicyclic) bond motifs is 1. The first-order chi connectivity index (χ1) is 16.4. The van der Waals surface area contributed by atoms with Crippen molar-refractivity contribution in [2.24, 2.45) is 0 Å². The second kappa shape index (κ2) is 10.3. The zero-order valence-electron chi connectivity index (χ0n) is 19.1. The minimum Gasteiger partial charge on any atom is -0.495 e. The summed E-state index contributed by atoms with van der Waals surface area (Å²) in [5.41, 5.74) is 3.13. The van der Waals surface area contributed by atoms with Gasteiger partial charge in [0.25, 0.3) is 5.56 Å². The largest absolute Gasteiger partial charge is 0.495 e. The summed E-state index contributed by atoms with van der Waals surface area (Å²) < 4.78 is 6.73. The van der Waals surface area contributed by atoms with Crippen LogP contribution in [0.2, 0.25) is 5.02 Å². The number of carbonyl (C=O) groups is 1. The Morgan fingerprint density at radius 3 is 2.59 bits per heavy atom. The first-order valence-corrected chi connectivity index (χ1v) is 12.0. The number of benzene rings is 3. The molecule has 4 rings (SSSR count). The number of methoxy groups -OCH3 is 1. The highest BCUT2D eigenvalue weighted by molar-refractivity contribution is 7.99. The van der Waals surface area contributed by atoms with Crippen molar-refractivity contribution in [2.45, 2.75) is 18.6 Å². The van der Waals surface area contributed by atoms with Crippen molar-refractivity contribution in [3.05, 3.63) is 93.2 Å². The average molecular weight is 494 g/mol. The van der Waals surface area contributed by atoms with Crippen LogP contribution in [-0.4, -0.2) is 40.3 Å². The Kier molecular flexibility index (Phi) is 7.24. The van der Waals surface area contributed by atoms with Gasteiger partial charge in [-0.2, -0.15) is 0 Å². The van der Waals surface area contributed by atoms with E-state index in [4.69, 9.17) is 21.3 Å². The lowest BCUT2D eigenvalue weighted by Gasteiger charge is -2.19. The number of para-hydroxylation sites is 1. The molecule has 0 aliphatic heterocycles. The van der Waals surface area contributed by atoms with E-state index in [-0.39, 0.29) is 17.2 Å². The molecule has 34 heavy (non-hydrogen) atoms. The van der Waals surface area contributed by atoms with Gasteiger partial charge in [0, 0.05) is 13.6 Å². The number of amides is 1. The normalized spacial score (nSPS) is 10.9. The Hall–Kier alpha value is -3.29. The van der Waals surface area contributed by atoms with Crippen LogP contribution in [0.3, 0.4) is 0 Å². The van der Waals surface area contributed by atoms with Gasteiger partial charge < -0.3 is 9.64 Å². The molecule has 0 atom stereocenters. The molecule has 174 valence electrons. The van der Waals surface area contributed by atoms with E-state index in [1.54, 1.807) is 48.3 Å². The molecule has 3 aromatic carbocycles. The van der Waals surface area contributed by atoms with E-state index >= 15 is 0 Å². The second-order valence-corrected chi connectivity index (χ2v) is 9.19. The molecular formula is C26H24ClN3O3S. The van der Waals surface area contributed by atoms with E-state index in [1.165, 1.54) is 23.4 Å². The van der Waals surface area contributed by atoms with Gasteiger partial charge in [-0.3, -0.25) is 14.2 Å². The van der Waals surface area contributed by atoms with Gasteiger partial charge in [0.05, 0.1) is 34.5 Å². The van der Waals surface area contributed by atoms with Gasteiger partial charge in [-0.15, -0.1) is 0 Å². The molecule has 1 amide bonds. The predicted octanol–water partition coefficient (Wildman–Crippen LogP) is 5.11. The Morgan fingerprint density at radius 1 is 1.12 bits per heavy atom. The van der Waals surface area contributed by atoms with Crippen molar-refractivity contribution in [1.29, 1.82) is 0 Å². The summed E-state index contributed by atoms with van der Waals surface area (Å²) in [6.07, 6.45) is 0. The van der Waals surface area contributed by atoms with Gasteiger partial charge >= 0.3 is 0 Å². The van der Waals surface area contributed by atoms with Crippen molar-refractivity contribution in [2.75, 3.05) is 19.9 Å². The third-order valence-corrected chi connectivity index (χ3v) is 6.78. The molecule has 1 aromatic heterocycles. The van der Waals surface area contributed by atoms with Crippen molar-refractivity contribution in [3.8, 4) is 11.4 Å². The van der Waals surface area contributed by atoms with E-state index in [2.05, 4.69) is 0 Å². The van der Waals surface area contributed by atoms with E-state index < -0.39 is 0 Å². The zero-order valence-corrected chi connectivity index (χ0v) is 20.7. The standard InChI is InChI=1S/C26H24ClN3O3S/c1-17-8-4-5-9-18(17)15-29(2)24(31)16-34-26-28-22-11-7-6-10-20(22)25(32)30(26)19-12-13-23(33-3)21(27)14-19/h4-14H,15-16H2,1-3H3. The summed E-state index contributed by atoms with van der Waals surface area (Å²) in [4.78, 5) is 32.7. The molecule has 8 heteroatoms. The fraction of sp³-hybridized carbons (Fsp3) is 0.192. The number of carbonyl (C=O) groups excluding carboxylic acids is 1. The third-order valence-electron chi connectivity index (χ3n) is 5.56. The summed E-state index contributed by atoms with van der Waals surface area (Å²) in [7, 11) is 3.31. The first kappa shape index (κ1) is 23.9. The highest BCUT2D eigenvalue weighted by Crippen LogP contribution is 2.28. The van der Waals surface area contributed by atoms with E-state index in [9.17, 15) is 9.59 Å². The molecule has 0 unspecified atom stereocenters. The molecule has 6 nitrogen and oxygen atoms in total. The number of rotatable bonds is 7. The molecule has 0 N–H and O–H groups in total. The summed E-state index contributed by atoms with van der Waals surface area (Å²) in [5, 5.41) is 1.29. The molecule has 0 aliphatic carbocycles. The molecule has 1 heterocycles. The van der Waals surface area contributed by atoms with Crippen LogP contribution in [-0.2, 0) is 11.3 Å². The quantitative estimate of drug-likeness (QED) is 0.264. The smallest absolute Gasteiger partial charge is 0.266 e. The zero-order chi connectivity index (χ0) is 24.2. The molecule has 0 spiro atoms. The molecule has 0 fully saturated rings. The highest BCUT2D eigenvalue weighted by atomic mass is 35.5. The Bertz CT molecular complexity index is 1420. The number of thioether (sulfide) groups is 1. The molecular weight excluding hydrogens is 470 g/mol. The maximum absolute atomic E-state index is 13.4. The van der Waals surface area contributed by atoms with Crippen molar-refractivity contribution in [1.82, 2.24) is 14.5 Å². The Balaban J connectivity index is 1.66. The molecule has 0 saturated carbocycles. The number of nitrogens with zero attached hydrogens (tertiary/aromatic N) is 3. The SMILES string of the molecule is COc1ccc(-n2c(SCC(=O)N(C)Cc3ccccc3C)nc3ccccc3c2=O)cc1Cl. The van der Waals surface area contributed by atoms with Crippen molar-refractivity contribution >= 4 is 40.2 Å². The number of aryl methyl sites for hydroxylation is 1. The fourth-order valence-corrected chi connectivity index (χ4v) is 4.80. The molecule has 0 bridgehead atoms. The number of halogens is 1. The van der Waals surface area contributed by atoms with Gasteiger partial charge in [0.15, 0.2) is 5.16 Å². The lowest BCUT2D eigenvalue weighted by Crippen LogP contribution is -2.29. The Labute approximate surface area is 207 Å². The van der Waals surface area contributed by atoms with Crippen LogP contribution in [0.15, 0.2) is 76.7 Å². The minimum absolute atomic E-state index is 0.0602. The van der Waals surface area contributed by atoms with Crippen molar-refractivity contribution < 1.29 is 9.53 Å². The predicted molar refractivity (Wildman–Crippen MR) is 137 cm³/mol. The lowest BCUT2D eigenvalue weighted by atomic mass is 10.1. The topological polar surface area (TPSA) is 64.4 Å². The first-order valence-electron chi connectivity index (χ1n) is 10.7. The van der Waals surface area contributed by atoms with Crippen LogP contribution in [0.1, 0.15) is 11.1 Å². The lowest BCUT2D eigenvalue weighted by molar-refractivity contribution is -0.127. The maximum atomic E-state index is 13.4. The highest BCUT2D eigenvalue weighted by Gasteiger charge is 2.17. The van der Waals surface area contributed by atoms with Crippen LogP contribution >= 0.6 is 23.4 Å². The number of hydrogen-bond acceptors (Lipinski definition) is 5. The summed E-state index contributed by atoms with van der Waals surface area (Å²) in [6, 6.07) is 20.3. The monoisotopic (exact) mass is 493 g/mol. The molecule has 0 radical (unpaired) electrons. The van der Waals surface area contributed by atoms with E-state index in [0.29, 0.717) is 39.1 Å². The van der Waals surface area contributed by atoms with Gasteiger partial charge in [-0.25, -0.2) is 4.98 Å². The Morgan fingerprint density at radius 2 is 1.85 bits per heavy atom. The van der Waals surface area contributed by atoms with Crippen LogP contribution in [0, 0.1) is 6.92 Å². The van der Waals surface area contributed by atoms with Crippen LogP contribution in [0.5, 0.6) is 5.75 Å². The summed E-state index contributed by atoms with van der Waals surface area (Å²) in [5.74, 6) is 0.584. The van der Waals surface area contributed by atoms with Gasteiger partial charge in [-0.1, -0.05) is 59.8 Å². The molecule has 0 aliphatic rings. The van der Waals surface area contributed by atoms with Crippen LogP contribution < -0.4 is 10.3 Å². The fourth-order valence-electron chi connectivity index (χ4n) is 3.60. The van der Waals surface area contributed by atoms with Crippen molar-refractivity contribution in [3.63, 3.8) is 0 Å². The van der Waals surface area contributed by atoms with Gasteiger partial charge in [-0.05, 0) is 48.4 Å². The van der Waals surface area contributed by atoms with E-state index in [0.717, 1.165) is 11.1 Å². The number of ether oxygens (including phenoxy) is 1. The molecule has 4 aromatic rings. The van der Waals surface area contributed by atoms with E-state index in [1.807, 2.05) is 37.3 Å².